The molecule has 5 aliphatic rings. The number of hydrogen-bond donors (Lipinski definition) is 4. The molecule has 4 aliphatic carbocycles. The molecule has 6 nitrogen and oxygen atoms in total. The Kier molecular flexibility index (Phi) is 9.76. The smallest absolute Gasteiger partial charge is 0.186 e. The van der Waals surface area contributed by atoms with E-state index in [4.69, 9.17) is 9.47 Å². The summed E-state index contributed by atoms with van der Waals surface area (Å²) in [6.45, 7) is 16.5. The molecule has 4 fully saturated rings. The quantitative estimate of drug-likeness (QED) is 0.265. The second-order valence-corrected chi connectivity index (χ2v) is 15.7. The number of ether oxygens (including phenoxy) is 2. The topological polar surface area (TPSA) is 99.4 Å². The molecule has 1 saturated heterocycles. The van der Waals surface area contributed by atoms with Gasteiger partial charge in [-0.15, -0.1) is 0 Å². The monoisotopic (exact) mass is 588 g/mol. The Labute approximate surface area is 255 Å². The number of fused-ring (bicyclic) bond motifs is 5. The first-order valence-electron chi connectivity index (χ1n) is 17.2. The van der Waals surface area contributed by atoms with Crippen LogP contribution in [0, 0.1) is 58.2 Å². The van der Waals surface area contributed by atoms with Crippen LogP contribution in [0.15, 0.2) is 23.8 Å². The zero-order chi connectivity index (χ0) is 30.6. The minimum atomic E-state index is -1.40. The van der Waals surface area contributed by atoms with Gasteiger partial charge in [0.05, 0.1) is 12.7 Å². The Morgan fingerprint density at radius 1 is 0.952 bits per heavy atom. The van der Waals surface area contributed by atoms with Crippen molar-refractivity contribution in [1.82, 2.24) is 0 Å². The SMILES string of the molecule is CC[C@H](C=C[C@@H](C)[C@H]1CC[C@H]2C3=CCC4[C@H](C)[C@@H](O[C@@H]5O[C@H](CO)[C@@H](O)[C@H](O)[C@H]5O)CC[C@]4(C)[C@H]3CC[C@]12C)C(C)C. The van der Waals surface area contributed by atoms with E-state index in [1.165, 1.54) is 32.1 Å². The lowest BCUT2D eigenvalue weighted by Crippen LogP contribution is -2.60. The van der Waals surface area contributed by atoms with Crippen molar-refractivity contribution in [2.75, 3.05) is 6.61 Å². The van der Waals surface area contributed by atoms with Gasteiger partial charge in [0.15, 0.2) is 6.29 Å². The van der Waals surface area contributed by atoms with Crippen LogP contribution in [0.3, 0.4) is 0 Å². The summed E-state index contributed by atoms with van der Waals surface area (Å²) in [5.74, 6) is 4.82. The lowest BCUT2D eigenvalue weighted by atomic mass is 9.46. The molecule has 0 bridgehead atoms. The van der Waals surface area contributed by atoms with Crippen LogP contribution in [0.4, 0.5) is 0 Å². The summed E-state index contributed by atoms with van der Waals surface area (Å²) in [4.78, 5) is 0. The normalized spacial score (nSPS) is 48.9. The molecule has 0 aromatic heterocycles. The van der Waals surface area contributed by atoms with E-state index in [0.29, 0.717) is 40.9 Å². The van der Waals surface area contributed by atoms with Crippen LogP contribution in [0.2, 0.25) is 0 Å². The highest BCUT2D eigenvalue weighted by Crippen LogP contribution is 2.67. The van der Waals surface area contributed by atoms with Gasteiger partial charge in [-0.2, -0.15) is 0 Å². The molecule has 0 aromatic rings. The lowest BCUT2D eigenvalue weighted by molar-refractivity contribution is -0.320. The zero-order valence-electron chi connectivity index (χ0n) is 27.3. The second kappa shape index (κ2) is 12.6. The van der Waals surface area contributed by atoms with Crippen molar-refractivity contribution in [1.29, 1.82) is 0 Å². The van der Waals surface area contributed by atoms with Crippen LogP contribution in [0.1, 0.15) is 99.8 Å². The third kappa shape index (κ3) is 5.49. The zero-order valence-corrected chi connectivity index (χ0v) is 27.3. The van der Waals surface area contributed by atoms with Crippen LogP contribution >= 0.6 is 0 Å². The Hall–Kier alpha value is -0.760. The molecule has 6 heteroatoms. The van der Waals surface area contributed by atoms with Gasteiger partial charge in [-0.3, -0.25) is 0 Å². The van der Waals surface area contributed by atoms with Gasteiger partial charge in [0.2, 0.25) is 0 Å². The Morgan fingerprint density at radius 3 is 2.31 bits per heavy atom. The standard InChI is InChI=1S/C36H60O6/c1-8-23(20(2)3)10-9-21(4)25-13-14-27-24-11-12-26-22(5)29(16-18-36(26,7)28(24)15-17-35(25,27)6)41-34-33(40)32(39)31(38)30(19-37)42-34/h9-11,20-23,25-34,37-40H,8,12-19H2,1-7H3/t21-,22+,23-,25-,26?,27+,28+,29+,30-,31-,32+,33-,34-,35-,36+/m1/s1. The number of rotatable bonds is 8. The summed E-state index contributed by atoms with van der Waals surface area (Å²) in [5, 5.41) is 40.6. The molecule has 0 radical (unpaired) electrons. The van der Waals surface area contributed by atoms with Crippen molar-refractivity contribution in [3.05, 3.63) is 23.8 Å². The molecule has 0 spiro atoms. The highest BCUT2D eigenvalue weighted by atomic mass is 16.7. The van der Waals surface area contributed by atoms with Gasteiger partial charge < -0.3 is 29.9 Å². The molecular formula is C36H60O6. The van der Waals surface area contributed by atoms with Crippen LogP contribution in [-0.2, 0) is 9.47 Å². The van der Waals surface area contributed by atoms with E-state index in [1.54, 1.807) is 5.57 Å². The summed E-state index contributed by atoms with van der Waals surface area (Å²) >= 11 is 0. The summed E-state index contributed by atoms with van der Waals surface area (Å²) in [6.07, 6.45) is 11.0. The molecule has 1 aliphatic heterocycles. The summed E-state index contributed by atoms with van der Waals surface area (Å²) in [7, 11) is 0. The van der Waals surface area contributed by atoms with Gasteiger partial charge in [-0.05, 0) is 110 Å². The molecule has 1 unspecified atom stereocenters. The Morgan fingerprint density at radius 2 is 1.64 bits per heavy atom. The largest absolute Gasteiger partial charge is 0.394 e. The van der Waals surface area contributed by atoms with Gasteiger partial charge in [0, 0.05) is 0 Å². The first-order chi connectivity index (χ1) is 19.9. The highest BCUT2D eigenvalue weighted by molar-refractivity contribution is 5.28. The fraction of sp³-hybridized carbons (Fsp3) is 0.889. The van der Waals surface area contributed by atoms with Gasteiger partial charge in [-0.25, -0.2) is 0 Å². The van der Waals surface area contributed by atoms with E-state index in [9.17, 15) is 20.4 Å². The molecular weight excluding hydrogens is 528 g/mol. The molecule has 15 atom stereocenters. The van der Waals surface area contributed by atoms with Gasteiger partial charge in [-0.1, -0.05) is 72.3 Å². The summed E-state index contributed by atoms with van der Waals surface area (Å²) in [5.41, 5.74) is 2.37. The first kappa shape index (κ1) is 32.6. The predicted molar refractivity (Wildman–Crippen MR) is 165 cm³/mol. The van der Waals surface area contributed by atoms with Crippen LogP contribution in [-0.4, -0.2) is 63.8 Å². The van der Waals surface area contributed by atoms with Crippen molar-refractivity contribution in [3.63, 3.8) is 0 Å². The average Bonchev–Trinajstić information content (AvgIpc) is 3.32. The number of allylic oxidation sites excluding steroid dienone is 4. The molecule has 1 heterocycles. The third-order valence-electron chi connectivity index (χ3n) is 13.4. The third-order valence-corrected chi connectivity index (χ3v) is 13.4. The summed E-state index contributed by atoms with van der Waals surface area (Å²) in [6, 6.07) is 0. The van der Waals surface area contributed by atoms with E-state index >= 15 is 0 Å². The maximum Gasteiger partial charge on any atom is 0.186 e. The van der Waals surface area contributed by atoms with Gasteiger partial charge in [0.1, 0.15) is 24.4 Å². The average molecular weight is 589 g/mol. The first-order valence-corrected chi connectivity index (χ1v) is 17.2. The van der Waals surface area contributed by atoms with Crippen LogP contribution in [0.5, 0.6) is 0 Å². The van der Waals surface area contributed by atoms with E-state index in [0.717, 1.165) is 25.2 Å². The maximum atomic E-state index is 10.6. The lowest BCUT2D eigenvalue weighted by Gasteiger charge is -2.59. The fourth-order valence-corrected chi connectivity index (χ4v) is 10.7. The number of aliphatic hydroxyl groups excluding tert-OH is 4. The molecule has 42 heavy (non-hydrogen) atoms. The van der Waals surface area contributed by atoms with Crippen LogP contribution < -0.4 is 0 Å². The van der Waals surface area contributed by atoms with Crippen LogP contribution in [0.25, 0.3) is 0 Å². The van der Waals surface area contributed by atoms with Crippen molar-refractivity contribution >= 4 is 0 Å². The molecule has 3 saturated carbocycles. The van der Waals surface area contributed by atoms with E-state index in [2.05, 4.69) is 66.7 Å². The fourth-order valence-electron chi connectivity index (χ4n) is 10.7. The van der Waals surface area contributed by atoms with Crippen molar-refractivity contribution in [2.45, 2.75) is 137 Å². The maximum absolute atomic E-state index is 10.6. The molecule has 4 N–H and O–H groups in total. The van der Waals surface area contributed by atoms with E-state index < -0.39 is 37.3 Å². The Balaban J connectivity index is 1.29. The van der Waals surface area contributed by atoms with Crippen molar-refractivity contribution in [2.24, 2.45) is 58.2 Å². The van der Waals surface area contributed by atoms with Crippen molar-refractivity contribution < 1.29 is 29.9 Å². The molecule has 0 aromatic carbocycles. The highest BCUT2D eigenvalue weighted by Gasteiger charge is 2.59. The molecule has 0 amide bonds. The van der Waals surface area contributed by atoms with Gasteiger partial charge in [0.25, 0.3) is 0 Å². The van der Waals surface area contributed by atoms with Gasteiger partial charge >= 0.3 is 0 Å². The second-order valence-electron chi connectivity index (χ2n) is 15.7. The minimum absolute atomic E-state index is 0.102. The summed E-state index contributed by atoms with van der Waals surface area (Å²) < 4.78 is 12.1. The predicted octanol–water partition coefficient (Wildman–Crippen LogP) is 5.87. The minimum Gasteiger partial charge on any atom is -0.394 e. The van der Waals surface area contributed by atoms with Crippen molar-refractivity contribution in [3.8, 4) is 0 Å². The van der Waals surface area contributed by atoms with E-state index in [-0.39, 0.29) is 17.4 Å². The Bertz CT molecular complexity index is 991. The van der Waals surface area contributed by atoms with E-state index in [1.807, 2.05) is 0 Å². The number of aliphatic hydroxyl groups is 4. The molecule has 5 rings (SSSR count). The molecule has 240 valence electrons. The number of hydrogen-bond acceptors (Lipinski definition) is 6.